The molecule has 0 fully saturated rings. The number of rotatable bonds is 13. The Bertz CT molecular complexity index is 1340. The van der Waals surface area contributed by atoms with Gasteiger partial charge >= 0.3 is 5.69 Å². The molecule has 4 rings (SSSR count). The van der Waals surface area contributed by atoms with Crippen LogP contribution >= 0.6 is 0 Å². The van der Waals surface area contributed by atoms with Gasteiger partial charge in [-0.15, -0.1) is 14.9 Å². The summed E-state index contributed by atoms with van der Waals surface area (Å²) in [7, 11) is 0. The largest absolute Gasteiger partial charge is 0.353 e. The maximum Gasteiger partial charge on any atom is 0.353 e. The zero-order valence-electron chi connectivity index (χ0n) is 21.7. The number of carbonyl (C=O) groups excluding carboxylic acids is 1. The number of nitrogens with zero attached hydrogens (tertiary/aromatic N) is 6. The molecule has 37 heavy (non-hydrogen) atoms. The molecule has 0 spiro atoms. The smallest absolute Gasteiger partial charge is 0.274 e. The SMILES string of the molecule is CCCCCCCCc1nn(C(=O)CCC)c(=O)n1Cc1ccc(-c2ccccc2-c2nnn[nH]2)cc1. The molecule has 9 nitrogen and oxygen atoms in total. The molecule has 2 heterocycles. The van der Waals surface area contributed by atoms with Crippen LogP contribution in [0.4, 0.5) is 0 Å². The predicted molar refractivity (Wildman–Crippen MR) is 143 cm³/mol. The summed E-state index contributed by atoms with van der Waals surface area (Å²) in [5, 5.41) is 18.7. The lowest BCUT2D eigenvalue weighted by Gasteiger charge is -2.09. The van der Waals surface area contributed by atoms with Gasteiger partial charge < -0.3 is 0 Å². The van der Waals surface area contributed by atoms with Crippen molar-refractivity contribution >= 4 is 5.91 Å². The van der Waals surface area contributed by atoms with E-state index in [1.807, 2.05) is 55.5 Å². The third kappa shape index (κ3) is 6.47. The van der Waals surface area contributed by atoms with Crippen LogP contribution in [0.1, 0.15) is 81.4 Å². The molecule has 0 amide bonds. The van der Waals surface area contributed by atoms with Crippen molar-refractivity contribution in [3.63, 3.8) is 0 Å². The Balaban J connectivity index is 1.55. The van der Waals surface area contributed by atoms with Crippen molar-refractivity contribution in [3.05, 3.63) is 70.4 Å². The molecule has 0 aliphatic carbocycles. The topological polar surface area (TPSA) is 111 Å². The van der Waals surface area contributed by atoms with Crippen LogP contribution in [0.2, 0.25) is 0 Å². The van der Waals surface area contributed by atoms with Crippen molar-refractivity contribution in [2.45, 2.75) is 78.2 Å². The molecular weight excluding hydrogens is 466 g/mol. The average molecular weight is 502 g/mol. The number of aryl methyl sites for hydroxylation is 1. The lowest BCUT2D eigenvalue weighted by Crippen LogP contribution is -2.30. The highest BCUT2D eigenvalue weighted by Gasteiger charge is 2.18. The highest BCUT2D eigenvalue weighted by Crippen LogP contribution is 2.29. The van der Waals surface area contributed by atoms with E-state index in [2.05, 4.69) is 32.6 Å². The standard InChI is InChI=1S/C28H35N7O2/c1-3-5-6-7-8-9-15-25-31-35(26(36)12-4-2)28(37)34(25)20-21-16-18-22(19-17-21)23-13-10-11-14-24(23)27-29-32-33-30-27/h10-11,13-14,16-19H,3-9,12,15,20H2,1-2H3,(H,29,30,32,33). The molecule has 0 aliphatic rings. The van der Waals surface area contributed by atoms with Crippen molar-refractivity contribution < 1.29 is 4.79 Å². The number of tetrazole rings is 1. The van der Waals surface area contributed by atoms with Gasteiger partial charge in [0.25, 0.3) is 5.91 Å². The number of aromatic nitrogens is 7. The Morgan fingerprint density at radius 3 is 2.32 bits per heavy atom. The zero-order valence-corrected chi connectivity index (χ0v) is 21.7. The van der Waals surface area contributed by atoms with Gasteiger partial charge in [-0.2, -0.15) is 0 Å². The molecule has 0 atom stereocenters. The number of carbonyl (C=O) groups is 1. The molecule has 0 bridgehead atoms. The molecular formula is C28H35N7O2. The molecule has 0 aliphatic heterocycles. The van der Waals surface area contributed by atoms with Gasteiger partial charge in [0.05, 0.1) is 6.54 Å². The van der Waals surface area contributed by atoms with E-state index in [0.717, 1.165) is 39.8 Å². The second-order valence-electron chi connectivity index (χ2n) is 9.35. The number of nitrogens with one attached hydrogen (secondary N) is 1. The molecule has 194 valence electrons. The van der Waals surface area contributed by atoms with E-state index in [9.17, 15) is 9.59 Å². The Morgan fingerprint density at radius 2 is 1.62 bits per heavy atom. The van der Waals surface area contributed by atoms with Gasteiger partial charge in [0.1, 0.15) is 5.82 Å². The molecule has 1 N–H and O–H groups in total. The van der Waals surface area contributed by atoms with E-state index >= 15 is 0 Å². The van der Waals surface area contributed by atoms with E-state index in [1.165, 1.54) is 25.7 Å². The van der Waals surface area contributed by atoms with E-state index in [0.29, 0.717) is 37.5 Å². The van der Waals surface area contributed by atoms with Crippen LogP contribution in [0.15, 0.2) is 53.3 Å². The van der Waals surface area contributed by atoms with Crippen molar-refractivity contribution in [1.29, 1.82) is 0 Å². The number of benzene rings is 2. The van der Waals surface area contributed by atoms with E-state index < -0.39 is 0 Å². The summed E-state index contributed by atoms with van der Waals surface area (Å²) in [6, 6.07) is 16.0. The van der Waals surface area contributed by atoms with Gasteiger partial charge in [-0.3, -0.25) is 9.36 Å². The van der Waals surface area contributed by atoms with Gasteiger partial charge in [-0.1, -0.05) is 94.5 Å². The average Bonchev–Trinajstić information content (AvgIpc) is 3.56. The Hall–Kier alpha value is -3.88. The molecule has 2 aromatic heterocycles. The van der Waals surface area contributed by atoms with Crippen molar-refractivity contribution in [3.8, 4) is 22.5 Å². The normalized spacial score (nSPS) is 11.2. The maximum absolute atomic E-state index is 13.2. The van der Waals surface area contributed by atoms with Crippen LogP contribution in [0.5, 0.6) is 0 Å². The summed E-state index contributed by atoms with van der Waals surface area (Å²) in [5.74, 6) is 1.04. The number of hydrogen-bond donors (Lipinski definition) is 1. The van der Waals surface area contributed by atoms with E-state index in [1.54, 1.807) is 4.57 Å². The predicted octanol–water partition coefficient (Wildman–Crippen LogP) is 5.28. The first kappa shape index (κ1) is 26.2. The minimum Gasteiger partial charge on any atom is -0.274 e. The minimum absolute atomic E-state index is 0.246. The first-order chi connectivity index (χ1) is 18.1. The Kier molecular flexibility index (Phi) is 9.13. The first-order valence-electron chi connectivity index (χ1n) is 13.3. The van der Waals surface area contributed by atoms with Crippen molar-refractivity contribution in [1.82, 2.24) is 35.0 Å². The van der Waals surface area contributed by atoms with Crippen molar-refractivity contribution in [2.75, 3.05) is 0 Å². The number of aromatic amines is 1. The molecule has 0 saturated heterocycles. The number of hydrogen-bond acceptors (Lipinski definition) is 6. The van der Waals surface area contributed by atoms with Gasteiger partial charge in [0, 0.05) is 18.4 Å². The van der Waals surface area contributed by atoms with E-state index in [-0.39, 0.29) is 11.6 Å². The molecule has 0 unspecified atom stereocenters. The molecule has 0 radical (unpaired) electrons. The van der Waals surface area contributed by atoms with Crippen LogP contribution in [0, 0.1) is 0 Å². The van der Waals surface area contributed by atoms with Gasteiger partial charge in [-0.05, 0) is 40.0 Å². The van der Waals surface area contributed by atoms with Crippen LogP contribution in [-0.2, 0) is 13.0 Å². The third-order valence-corrected chi connectivity index (χ3v) is 6.53. The summed E-state index contributed by atoms with van der Waals surface area (Å²) in [5.41, 5.74) is 3.55. The van der Waals surface area contributed by atoms with Crippen LogP contribution in [-0.4, -0.2) is 40.9 Å². The highest BCUT2D eigenvalue weighted by atomic mass is 16.2. The number of unbranched alkanes of at least 4 members (excludes halogenated alkanes) is 5. The third-order valence-electron chi connectivity index (χ3n) is 6.53. The summed E-state index contributed by atoms with van der Waals surface area (Å²) in [6.45, 7) is 4.51. The Labute approximate surface area is 216 Å². The Morgan fingerprint density at radius 1 is 0.892 bits per heavy atom. The lowest BCUT2D eigenvalue weighted by atomic mass is 9.98. The van der Waals surface area contributed by atoms with Gasteiger partial charge in [0.2, 0.25) is 0 Å². The van der Waals surface area contributed by atoms with Gasteiger partial charge in [-0.25, -0.2) is 9.89 Å². The fourth-order valence-corrected chi connectivity index (χ4v) is 4.51. The minimum atomic E-state index is -0.355. The highest BCUT2D eigenvalue weighted by molar-refractivity contribution is 5.80. The summed E-state index contributed by atoms with van der Waals surface area (Å²) >= 11 is 0. The monoisotopic (exact) mass is 501 g/mol. The molecule has 0 saturated carbocycles. The van der Waals surface area contributed by atoms with Crippen LogP contribution in [0.3, 0.4) is 0 Å². The summed E-state index contributed by atoms with van der Waals surface area (Å²) < 4.78 is 2.72. The lowest BCUT2D eigenvalue weighted by molar-refractivity contribution is 0.0880. The van der Waals surface area contributed by atoms with Crippen LogP contribution in [0.25, 0.3) is 22.5 Å². The fraction of sp³-hybridized carbons (Fsp3) is 0.429. The first-order valence-corrected chi connectivity index (χ1v) is 13.3. The van der Waals surface area contributed by atoms with Gasteiger partial charge in [0.15, 0.2) is 5.82 Å². The number of H-pyrrole nitrogens is 1. The van der Waals surface area contributed by atoms with Crippen LogP contribution < -0.4 is 5.69 Å². The fourth-order valence-electron chi connectivity index (χ4n) is 4.51. The summed E-state index contributed by atoms with van der Waals surface area (Å²) in [6.07, 6.45) is 8.60. The molecule has 9 heteroatoms. The zero-order chi connectivity index (χ0) is 26.0. The molecule has 4 aromatic rings. The quantitative estimate of drug-likeness (QED) is 0.249. The second-order valence-corrected chi connectivity index (χ2v) is 9.35. The summed E-state index contributed by atoms with van der Waals surface area (Å²) in [4.78, 5) is 25.7. The van der Waals surface area contributed by atoms with Crippen molar-refractivity contribution in [2.24, 2.45) is 0 Å². The second kappa shape index (κ2) is 12.9. The van der Waals surface area contributed by atoms with E-state index in [4.69, 9.17) is 0 Å². The molecule has 2 aromatic carbocycles. The maximum atomic E-state index is 13.2.